The van der Waals surface area contributed by atoms with E-state index in [1.165, 1.54) is 0 Å². The zero-order valence-electron chi connectivity index (χ0n) is 24.0. The van der Waals surface area contributed by atoms with Crippen LogP contribution in [0.2, 0.25) is 0 Å². The summed E-state index contributed by atoms with van der Waals surface area (Å²) in [6.07, 6.45) is -3.96. The van der Waals surface area contributed by atoms with Gasteiger partial charge in [0.25, 0.3) is 0 Å². The molecule has 0 heterocycles. The summed E-state index contributed by atoms with van der Waals surface area (Å²) < 4.78 is 0. The second-order valence-corrected chi connectivity index (χ2v) is 11.3. The molecule has 0 saturated carbocycles. The van der Waals surface area contributed by atoms with Crippen molar-refractivity contribution in [3.05, 3.63) is 0 Å². The predicted molar refractivity (Wildman–Crippen MR) is 148 cm³/mol. The topological polar surface area (TPSA) is 243 Å². The standard InChI is InChI=1S/C28H58O12/c29-16-8-22(34)3-1-21(2-4-23(35)9-17-30)28(40,15-7-26(38)12-20-33)27(39,13-5-24(36)10-18-31)14-6-25(37)11-19-32/h21-26,29-40H,1-20H2. The van der Waals surface area contributed by atoms with Gasteiger partial charge in [0.2, 0.25) is 0 Å². The third kappa shape index (κ3) is 15.1. The lowest BCUT2D eigenvalue weighted by Crippen LogP contribution is -2.60. The number of hydrogen-bond acceptors (Lipinski definition) is 12. The summed E-state index contributed by atoms with van der Waals surface area (Å²) in [6, 6.07) is 0. The van der Waals surface area contributed by atoms with Gasteiger partial charge in [0, 0.05) is 33.0 Å². The van der Waals surface area contributed by atoms with E-state index in [-0.39, 0.29) is 129 Å². The van der Waals surface area contributed by atoms with Gasteiger partial charge >= 0.3 is 0 Å². The fraction of sp³-hybridized carbons (Fsp3) is 1.00. The quantitative estimate of drug-likeness (QED) is 0.0536. The summed E-state index contributed by atoms with van der Waals surface area (Å²) >= 11 is 0. The first-order valence-electron chi connectivity index (χ1n) is 14.8. The zero-order chi connectivity index (χ0) is 30.6. The van der Waals surface area contributed by atoms with E-state index in [1.54, 1.807) is 0 Å². The number of rotatable bonds is 27. The summed E-state index contributed by atoms with van der Waals surface area (Å²) in [5.41, 5.74) is -3.87. The highest BCUT2D eigenvalue weighted by atomic mass is 16.4. The molecule has 0 spiro atoms. The van der Waals surface area contributed by atoms with Crippen molar-refractivity contribution < 1.29 is 61.3 Å². The maximum absolute atomic E-state index is 12.4. The third-order valence-corrected chi connectivity index (χ3v) is 8.13. The molecular weight excluding hydrogens is 528 g/mol. The van der Waals surface area contributed by atoms with Crippen molar-refractivity contribution in [3.8, 4) is 0 Å². The highest BCUT2D eigenvalue weighted by molar-refractivity contribution is 5.05. The highest BCUT2D eigenvalue weighted by Gasteiger charge is 2.53. The van der Waals surface area contributed by atoms with Crippen molar-refractivity contribution in [3.63, 3.8) is 0 Å². The molecule has 0 rings (SSSR count). The summed E-state index contributed by atoms with van der Waals surface area (Å²) in [5, 5.41) is 122. The number of hydrogen-bond donors (Lipinski definition) is 12. The molecule has 12 nitrogen and oxygen atoms in total. The van der Waals surface area contributed by atoms with E-state index >= 15 is 0 Å². The molecule has 0 aromatic carbocycles. The molecule has 0 saturated heterocycles. The lowest BCUT2D eigenvalue weighted by Gasteiger charge is -2.50. The van der Waals surface area contributed by atoms with Crippen molar-refractivity contribution in [2.75, 3.05) is 33.0 Å². The molecule has 0 aliphatic rings. The van der Waals surface area contributed by atoms with Crippen molar-refractivity contribution >= 4 is 0 Å². The maximum Gasteiger partial charge on any atom is 0.0962 e. The molecule has 12 N–H and O–H groups in total. The lowest BCUT2D eigenvalue weighted by molar-refractivity contribution is -0.204. The molecular formula is C28H58O12. The number of aliphatic hydroxyl groups is 12. The third-order valence-electron chi connectivity index (χ3n) is 8.13. The van der Waals surface area contributed by atoms with Crippen LogP contribution in [0.4, 0.5) is 0 Å². The molecule has 0 aromatic rings. The Bertz CT molecular complexity index is 566. The maximum atomic E-state index is 12.4. The Kier molecular flexibility index (Phi) is 21.8. The van der Waals surface area contributed by atoms with E-state index in [4.69, 9.17) is 0 Å². The summed E-state index contributed by atoms with van der Waals surface area (Å²) in [6.45, 7) is -1.32. The molecule has 12 heteroatoms. The first kappa shape index (κ1) is 39.5. The van der Waals surface area contributed by atoms with Gasteiger partial charge in [-0.05, 0) is 102 Å². The molecule has 6 unspecified atom stereocenters. The number of aliphatic hydroxyl groups excluding tert-OH is 10. The Morgan fingerprint density at radius 2 is 0.625 bits per heavy atom. The minimum Gasteiger partial charge on any atom is -0.396 e. The highest BCUT2D eigenvalue weighted by Crippen LogP contribution is 2.45. The molecule has 242 valence electrons. The normalized spacial score (nSPS) is 19.8. The van der Waals surface area contributed by atoms with E-state index in [0.29, 0.717) is 0 Å². The van der Waals surface area contributed by atoms with Gasteiger partial charge in [0.05, 0.1) is 41.7 Å². The van der Waals surface area contributed by atoms with Gasteiger partial charge in [0.1, 0.15) is 0 Å². The van der Waals surface area contributed by atoms with Gasteiger partial charge in [-0.1, -0.05) is 0 Å². The fourth-order valence-electron chi connectivity index (χ4n) is 5.45. The van der Waals surface area contributed by atoms with Gasteiger partial charge in [-0.3, -0.25) is 0 Å². The molecule has 6 atom stereocenters. The van der Waals surface area contributed by atoms with Crippen LogP contribution in [-0.4, -0.2) is 136 Å². The van der Waals surface area contributed by atoms with Crippen LogP contribution in [0.5, 0.6) is 0 Å². The van der Waals surface area contributed by atoms with Gasteiger partial charge in [-0.25, -0.2) is 0 Å². The Morgan fingerprint density at radius 1 is 0.350 bits per heavy atom. The van der Waals surface area contributed by atoms with Crippen LogP contribution >= 0.6 is 0 Å². The van der Waals surface area contributed by atoms with Crippen molar-refractivity contribution in [2.45, 2.75) is 138 Å². The van der Waals surface area contributed by atoms with Crippen LogP contribution in [0.25, 0.3) is 0 Å². The van der Waals surface area contributed by atoms with Crippen molar-refractivity contribution in [2.24, 2.45) is 5.92 Å². The first-order valence-corrected chi connectivity index (χ1v) is 14.8. The monoisotopic (exact) mass is 586 g/mol. The Balaban J connectivity index is 6.49. The van der Waals surface area contributed by atoms with Crippen molar-refractivity contribution in [1.82, 2.24) is 0 Å². The fourth-order valence-corrected chi connectivity index (χ4v) is 5.45. The van der Waals surface area contributed by atoms with Crippen LogP contribution < -0.4 is 0 Å². The Labute approximate surface area is 238 Å². The summed E-state index contributed by atoms with van der Waals surface area (Å²) in [4.78, 5) is 0. The molecule has 0 aromatic heterocycles. The van der Waals surface area contributed by atoms with Crippen LogP contribution in [0.15, 0.2) is 0 Å². The Morgan fingerprint density at radius 3 is 0.925 bits per heavy atom. The lowest BCUT2D eigenvalue weighted by atomic mass is 9.63. The van der Waals surface area contributed by atoms with Gasteiger partial charge in [0.15, 0.2) is 0 Å². The van der Waals surface area contributed by atoms with Gasteiger partial charge < -0.3 is 61.3 Å². The van der Waals surface area contributed by atoms with E-state index in [9.17, 15) is 61.3 Å². The molecule has 0 amide bonds. The van der Waals surface area contributed by atoms with E-state index in [0.717, 1.165) is 0 Å². The van der Waals surface area contributed by atoms with E-state index in [2.05, 4.69) is 0 Å². The minimum atomic E-state index is -1.95. The zero-order valence-corrected chi connectivity index (χ0v) is 24.0. The molecule has 0 radical (unpaired) electrons. The predicted octanol–water partition coefficient (Wildman–Crippen LogP) is -1.32. The molecule has 0 bridgehead atoms. The molecule has 0 fully saturated rings. The summed E-state index contributed by atoms with van der Waals surface area (Å²) in [7, 11) is 0. The first-order chi connectivity index (χ1) is 18.9. The minimum absolute atomic E-state index is 0.00659. The average Bonchev–Trinajstić information content (AvgIpc) is 2.90. The SMILES string of the molecule is OCCC(O)CCC(CCC(O)CCO)C(O)(CCC(O)CCO)C(O)(CCC(O)CCO)CCC(O)CCO. The van der Waals surface area contributed by atoms with E-state index < -0.39 is 47.6 Å². The second-order valence-electron chi connectivity index (χ2n) is 11.3. The van der Waals surface area contributed by atoms with Gasteiger partial charge in [-0.15, -0.1) is 0 Å². The second kappa shape index (κ2) is 22.1. The van der Waals surface area contributed by atoms with Crippen LogP contribution in [0.1, 0.15) is 96.3 Å². The molecule has 0 aliphatic carbocycles. The molecule has 40 heavy (non-hydrogen) atoms. The summed E-state index contributed by atoms with van der Waals surface area (Å²) in [5.74, 6) is -0.745. The van der Waals surface area contributed by atoms with Crippen molar-refractivity contribution in [1.29, 1.82) is 0 Å². The average molecular weight is 587 g/mol. The van der Waals surface area contributed by atoms with Crippen LogP contribution in [-0.2, 0) is 0 Å². The smallest absolute Gasteiger partial charge is 0.0962 e. The largest absolute Gasteiger partial charge is 0.396 e. The molecule has 0 aliphatic heterocycles. The van der Waals surface area contributed by atoms with E-state index in [1.807, 2.05) is 0 Å². The van der Waals surface area contributed by atoms with Crippen LogP contribution in [0, 0.1) is 5.92 Å². The van der Waals surface area contributed by atoms with Gasteiger partial charge in [-0.2, -0.15) is 0 Å². The Hall–Kier alpha value is -0.480. The van der Waals surface area contributed by atoms with Crippen LogP contribution in [0.3, 0.4) is 0 Å².